The van der Waals surface area contributed by atoms with E-state index in [1.807, 2.05) is 16.4 Å². The van der Waals surface area contributed by atoms with Crippen molar-refractivity contribution in [1.29, 1.82) is 0 Å². The smallest absolute Gasteiger partial charge is 0.454 e. The summed E-state index contributed by atoms with van der Waals surface area (Å²) in [5.74, 6) is 0.259. The number of anilines is 1. The first-order valence-electron chi connectivity index (χ1n) is 11.8. The van der Waals surface area contributed by atoms with Gasteiger partial charge >= 0.3 is 7.12 Å². The van der Waals surface area contributed by atoms with Gasteiger partial charge in [0.2, 0.25) is 0 Å². The molecule has 1 aromatic heterocycles. The summed E-state index contributed by atoms with van der Waals surface area (Å²) >= 11 is 0. The summed E-state index contributed by atoms with van der Waals surface area (Å²) in [4.78, 5) is 12.9. The van der Waals surface area contributed by atoms with Gasteiger partial charge < -0.3 is 19.4 Å². The van der Waals surface area contributed by atoms with E-state index in [1.165, 1.54) is 12.1 Å². The van der Waals surface area contributed by atoms with Crippen LogP contribution >= 0.6 is 0 Å². The normalized spacial score (nSPS) is 18.7. The van der Waals surface area contributed by atoms with Gasteiger partial charge in [-0.15, -0.1) is 0 Å². The summed E-state index contributed by atoms with van der Waals surface area (Å²) in [6.45, 7) is 1.04. The third-order valence-electron chi connectivity index (χ3n) is 6.79. The first kappa shape index (κ1) is 24.0. The number of furan rings is 1. The molecule has 0 radical (unpaired) electrons. The van der Waals surface area contributed by atoms with Gasteiger partial charge in [0.1, 0.15) is 28.1 Å². The van der Waals surface area contributed by atoms with Crippen molar-refractivity contribution in [1.82, 2.24) is 5.32 Å². The molecule has 2 atom stereocenters. The second-order valence-corrected chi connectivity index (χ2v) is 10.6. The molecule has 1 aliphatic carbocycles. The topological polar surface area (TPSA) is 92.0 Å². The Morgan fingerprint density at radius 2 is 2.03 bits per heavy atom. The Hall–Kier alpha value is -2.69. The molecule has 184 valence electrons. The van der Waals surface area contributed by atoms with Crippen LogP contribution < -0.4 is 9.62 Å². The number of carbonyl (C=O) groups is 1. The lowest BCUT2D eigenvalue weighted by atomic mass is 9.81. The Morgan fingerprint density at radius 3 is 2.63 bits per heavy atom. The summed E-state index contributed by atoms with van der Waals surface area (Å²) in [5.41, 5.74) is 3.41. The highest BCUT2D eigenvalue weighted by Crippen LogP contribution is 2.48. The van der Waals surface area contributed by atoms with Crippen molar-refractivity contribution >= 4 is 40.7 Å². The number of amides is 1. The fraction of sp³-hybridized carbons (Fsp3) is 0.400. The maximum absolute atomic E-state index is 13.5. The fourth-order valence-electron chi connectivity index (χ4n) is 4.80. The van der Waals surface area contributed by atoms with Gasteiger partial charge in [0.15, 0.2) is 0 Å². The van der Waals surface area contributed by atoms with Crippen LogP contribution in [0.4, 0.5) is 10.1 Å². The third kappa shape index (κ3) is 4.87. The molecule has 7 nitrogen and oxygen atoms in total. The average Bonchev–Trinajstić information content (AvgIpc) is 3.50. The molecule has 0 bridgehead atoms. The van der Waals surface area contributed by atoms with E-state index in [0.29, 0.717) is 53.2 Å². The fourth-order valence-corrected chi connectivity index (χ4v) is 5.60. The van der Waals surface area contributed by atoms with E-state index in [0.717, 1.165) is 30.5 Å². The second kappa shape index (κ2) is 9.75. The van der Waals surface area contributed by atoms with Gasteiger partial charge in [0.05, 0.1) is 11.3 Å². The number of nitrogens with zero attached hydrogens (tertiary/aromatic N) is 1. The van der Waals surface area contributed by atoms with Crippen molar-refractivity contribution in [3.05, 3.63) is 53.3 Å². The van der Waals surface area contributed by atoms with Gasteiger partial charge in [-0.1, -0.05) is 0 Å². The lowest BCUT2D eigenvalue weighted by Gasteiger charge is -2.25. The molecule has 2 fully saturated rings. The molecule has 10 heteroatoms. The van der Waals surface area contributed by atoms with Crippen molar-refractivity contribution in [2.45, 2.75) is 31.5 Å². The standard InChI is InChI=1S/C25H28BFN2O5S/c1-28-25(30)23-20-11-19(16-3-4-16)21(29(35(2)32)10-9-15-13-26(31)33-14-15)12-22(20)34-24(23)17-5-7-18(27)8-6-17/h5-8,11-12,15-16,31H,3-4,9-10,13-14H2,1-2H3,(H,28,30). The Kier molecular flexibility index (Phi) is 6.70. The molecule has 2 unspecified atom stereocenters. The Morgan fingerprint density at radius 1 is 1.29 bits per heavy atom. The monoisotopic (exact) mass is 498 g/mol. The molecule has 1 aliphatic heterocycles. The largest absolute Gasteiger partial charge is 0.455 e. The van der Waals surface area contributed by atoms with Gasteiger partial charge in [-0.3, -0.25) is 9.10 Å². The van der Waals surface area contributed by atoms with E-state index < -0.39 is 18.1 Å². The van der Waals surface area contributed by atoms with Crippen LogP contribution in [0.5, 0.6) is 0 Å². The quantitative estimate of drug-likeness (QED) is 0.457. The van der Waals surface area contributed by atoms with Crippen molar-refractivity contribution in [2.75, 3.05) is 30.8 Å². The first-order valence-corrected chi connectivity index (χ1v) is 13.4. The number of nitrogens with one attached hydrogen (secondary N) is 1. The minimum atomic E-state index is -1.29. The summed E-state index contributed by atoms with van der Waals surface area (Å²) in [6.07, 6.45) is 5.03. The summed E-state index contributed by atoms with van der Waals surface area (Å²) < 4.78 is 39.7. The molecule has 2 N–H and O–H groups in total. The molecule has 5 rings (SSSR count). The van der Waals surface area contributed by atoms with Crippen molar-refractivity contribution in [2.24, 2.45) is 5.92 Å². The highest BCUT2D eigenvalue weighted by molar-refractivity contribution is 7.85. The average molecular weight is 498 g/mol. The van der Waals surface area contributed by atoms with Crippen molar-refractivity contribution in [3.8, 4) is 11.3 Å². The van der Waals surface area contributed by atoms with Crippen LogP contribution in [0.15, 0.2) is 40.8 Å². The van der Waals surface area contributed by atoms with E-state index in [-0.39, 0.29) is 17.6 Å². The third-order valence-corrected chi connectivity index (χ3v) is 7.79. The number of benzene rings is 2. The molecular formula is C25H28BFN2O5S. The summed E-state index contributed by atoms with van der Waals surface area (Å²) in [5, 5.41) is 13.1. The number of hydrogen-bond donors (Lipinski definition) is 2. The van der Waals surface area contributed by atoms with Crippen LogP contribution in [-0.4, -0.2) is 48.7 Å². The van der Waals surface area contributed by atoms with Crippen molar-refractivity contribution < 1.29 is 27.5 Å². The molecule has 1 saturated heterocycles. The highest BCUT2D eigenvalue weighted by Gasteiger charge is 2.33. The lowest BCUT2D eigenvalue weighted by molar-refractivity contribution is 0.0964. The van der Waals surface area contributed by atoms with Gasteiger partial charge in [-0.2, -0.15) is 0 Å². The predicted molar refractivity (Wildman–Crippen MR) is 135 cm³/mol. The molecule has 35 heavy (non-hydrogen) atoms. The van der Waals surface area contributed by atoms with E-state index >= 15 is 0 Å². The highest BCUT2D eigenvalue weighted by atomic mass is 32.2. The molecule has 3 aromatic rings. The number of fused-ring (bicyclic) bond motifs is 1. The Bertz CT molecular complexity index is 1280. The SMILES string of the molecule is CNC(=O)c1c(-c2ccc(F)cc2)oc2cc(N(CCC3COB(O)C3)S(C)=O)c(C3CC3)cc12. The van der Waals surface area contributed by atoms with E-state index in [4.69, 9.17) is 9.07 Å². The summed E-state index contributed by atoms with van der Waals surface area (Å²) in [7, 11) is -0.445. The van der Waals surface area contributed by atoms with Crippen LogP contribution in [0.3, 0.4) is 0 Å². The van der Waals surface area contributed by atoms with E-state index in [1.54, 1.807) is 25.4 Å². The zero-order valence-corrected chi connectivity index (χ0v) is 20.6. The minimum absolute atomic E-state index is 0.206. The van der Waals surface area contributed by atoms with Gasteiger partial charge in [0, 0.05) is 43.5 Å². The van der Waals surface area contributed by atoms with E-state index in [9.17, 15) is 18.4 Å². The van der Waals surface area contributed by atoms with Crippen LogP contribution in [0, 0.1) is 11.7 Å². The maximum Gasteiger partial charge on any atom is 0.454 e. The molecule has 0 spiro atoms. The van der Waals surface area contributed by atoms with E-state index in [2.05, 4.69) is 5.32 Å². The molecule has 1 saturated carbocycles. The number of carbonyl (C=O) groups excluding carboxylic acids is 1. The Labute approximate surface area is 206 Å². The number of rotatable bonds is 8. The molecule has 2 heterocycles. The van der Waals surface area contributed by atoms with Crippen LogP contribution in [0.1, 0.15) is 41.1 Å². The zero-order chi connectivity index (χ0) is 24.7. The lowest BCUT2D eigenvalue weighted by Crippen LogP contribution is -2.28. The molecular weight excluding hydrogens is 470 g/mol. The van der Waals surface area contributed by atoms with Gasteiger partial charge in [-0.05, 0) is 73.3 Å². The van der Waals surface area contributed by atoms with Crippen LogP contribution in [-0.2, 0) is 15.6 Å². The second-order valence-electron chi connectivity index (χ2n) is 9.28. The van der Waals surface area contributed by atoms with Crippen molar-refractivity contribution in [3.63, 3.8) is 0 Å². The number of hydrogen-bond acceptors (Lipinski definition) is 5. The predicted octanol–water partition coefficient (Wildman–Crippen LogP) is 4.09. The number of halogens is 1. The molecule has 2 aromatic carbocycles. The van der Waals surface area contributed by atoms with Crippen LogP contribution in [0.25, 0.3) is 22.3 Å². The summed E-state index contributed by atoms with van der Waals surface area (Å²) in [6, 6.07) is 9.72. The molecule has 1 amide bonds. The maximum atomic E-state index is 13.5. The van der Waals surface area contributed by atoms with Crippen LogP contribution in [0.2, 0.25) is 6.32 Å². The van der Waals surface area contributed by atoms with Gasteiger partial charge in [-0.25, -0.2) is 8.60 Å². The minimum Gasteiger partial charge on any atom is -0.455 e. The van der Waals surface area contributed by atoms with Gasteiger partial charge in [0.25, 0.3) is 5.91 Å². The zero-order valence-electron chi connectivity index (χ0n) is 19.8. The molecule has 2 aliphatic rings. The first-order chi connectivity index (χ1) is 16.9. The Balaban J connectivity index is 1.60.